The number of hydrogen-bond acceptors (Lipinski definition) is 9. The van der Waals surface area contributed by atoms with Crippen LogP contribution in [0.1, 0.15) is 80.5 Å². The number of aldehydes is 1. The van der Waals surface area contributed by atoms with Crippen LogP contribution in [0.3, 0.4) is 0 Å². The molecule has 0 saturated carbocycles. The van der Waals surface area contributed by atoms with Gasteiger partial charge < -0.3 is 19.7 Å². The van der Waals surface area contributed by atoms with Crippen molar-refractivity contribution in [3.05, 3.63) is 59.2 Å². The molecule has 43 heavy (non-hydrogen) atoms. The van der Waals surface area contributed by atoms with Crippen molar-refractivity contribution >= 4 is 35.5 Å². The molecule has 0 aromatic heterocycles. The van der Waals surface area contributed by atoms with Crippen molar-refractivity contribution in [2.45, 2.75) is 71.4 Å². The number of carbonyl (C=O) groups excluding carboxylic acids is 5. The number of piperidine rings is 1. The summed E-state index contributed by atoms with van der Waals surface area (Å²) in [6.45, 7) is 5.52. The normalized spacial score (nSPS) is 15.7. The third-order valence-electron chi connectivity index (χ3n) is 7.91. The molecule has 2 atom stereocenters. The second kappa shape index (κ2) is 15.4. The molecule has 1 aliphatic heterocycles. The lowest BCUT2D eigenvalue weighted by Gasteiger charge is -2.36. The third kappa shape index (κ3) is 8.71. The predicted octanol–water partition coefficient (Wildman–Crippen LogP) is 3.51. The van der Waals surface area contributed by atoms with Crippen LogP contribution in [0.4, 0.5) is 5.69 Å². The average Bonchev–Trinajstić information content (AvgIpc) is 3.02. The highest BCUT2D eigenvalue weighted by Crippen LogP contribution is 2.31. The number of esters is 1. The number of nitrogens with one attached hydrogen (secondary N) is 2. The van der Waals surface area contributed by atoms with E-state index in [-0.39, 0.29) is 12.5 Å². The number of rotatable bonds is 14. The number of Topliss-reactive ketones (excluding diaryl/α,β-unsaturated/α-hetero) is 1. The molecule has 2 amide bonds. The highest BCUT2D eigenvalue weighted by Gasteiger charge is 2.41. The van der Waals surface area contributed by atoms with E-state index in [2.05, 4.69) is 10.7 Å². The smallest absolute Gasteiger partial charge is 0.329 e. The van der Waals surface area contributed by atoms with Crippen molar-refractivity contribution in [2.24, 2.45) is 11.3 Å². The van der Waals surface area contributed by atoms with Crippen molar-refractivity contribution in [1.82, 2.24) is 10.3 Å². The minimum Gasteiger partial charge on any atom is -0.496 e. The monoisotopic (exact) mass is 594 g/mol. The summed E-state index contributed by atoms with van der Waals surface area (Å²) in [5.41, 5.74) is 3.90. The number of amides is 2. The van der Waals surface area contributed by atoms with Gasteiger partial charge in [0.15, 0.2) is 6.29 Å². The first-order valence-corrected chi connectivity index (χ1v) is 14.6. The minimum atomic E-state index is -0.883. The van der Waals surface area contributed by atoms with Crippen molar-refractivity contribution < 1.29 is 33.4 Å². The van der Waals surface area contributed by atoms with Crippen LogP contribution in [0, 0.1) is 5.41 Å². The maximum Gasteiger partial charge on any atom is 0.329 e. The number of ketones is 1. The third-order valence-corrected chi connectivity index (χ3v) is 7.91. The molecule has 1 aliphatic rings. The van der Waals surface area contributed by atoms with Crippen LogP contribution in [-0.4, -0.2) is 61.0 Å². The summed E-state index contributed by atoms with van der Waals surface area (Å²) in [6.07, 6.45) is 3.11. The second-order valence-corrected chi connectivity index (χ2v) is 11.3. The molecule has 1 heterocycles. The largest absolute Gasteiger partial charge is 0.496 e. The molecule has 0 bridgehead atoms. The lowest BCUT2D eigenvalue weighted by molar-refractivity contribution is -0.164. The Bertz CT molecular complexity index is 1330. The van der Waals surface area contributed by atoms with Gasteiger partial charge in [-0.2, -0.15) is 0 Å². The van der Waals surface area contributed by atoms with Crippen LogP contribution in [0.2, 0.25) is 0 Å². The van der Waals surface area contributed by atoms with Crippen LogP contribution in [-0.2, 0) is 30.3 Å². The van der Waals surface area contributed by atoms with Gasteiger partial charge in [-0.1, -0.05) is 39.0 Å². The van der Waals surface area contributed by atoms with E-state index in [0.717, 1.165) is 18.3 Å². The highest BCUT2D eigenvalue weighted by atomic mass is 16.5. The fraction of sp³-hybridized carbons (Fsp3) is 0.469. The number of aryl methyl sites for hydroxylation is 1. The number of nitrogens with two attached hydrogens (primary N) is 1. The number of anilines is 1. The molecule has 11 heteroatoms. The van der Waals surface area contributed by atoms with E-state index in [1.54, 1.807) is 50.2 Å². The van der Waals surface area contributed by atoms with Gasteiger partial charge in [0.05, 0.1) is 19.2 Å². The number of likely N-dealkylation sites (tertiary alicyclic amines) is 1. The van der Waals surface area contributed by atoms with Gasteiger partial charge in [-0.15, -0.1) is 0 Å². The summed E-state index contributed by atoms with van der Waals surface area (Å²) < 4.78 is 11.4. The van der Waals surface area contributed by atoms with E-state index in [9.17, 15) is 24.0 Å². The van der Waals surface area contributed by atoms with E-state index in [1.165, 1.54) is 12.0 Å². The number of carbonyl (C=O) groups is 5. The Morgan fingerprint density at radius 3 is 2.58 bits per heavy atom. The minimum absolute atomic E-state index is 0.0830. The molecule has 1 saturated heterocycles. The zero-order valence-corrected chi connectivity index (χ0v) is 25.3. The van der Waals surface area contributed by atoms with E-state index >= 15 is 0 Å². The van der Waals surface area contributed by atoms with Crippen LogP contribution >= 0.6 is 0 Å². The summed E-state index contributed by atoms with van der Waals surface area (Å²) >= 11 is 0. The van der Waals surface area contributed by atoms with Crippen molar-refractivity contribution in [3.63, 3.8) is 0 Å². The average molecular weight is 595 g/mol. The van der Waals surface area contributed by atoms with Gasteiger partial charge in [0.1, 0.15) is 17.9 Å². The van der Waals surface area contributed by atoms with Gasteiger partial charge in [0.25, 0.3) is 5.91 Å². The van der Waals surface area contributed by atoms with Crippen molar-refractivity contribution in [1.29, 1.82) is 0 Å². The Balaban J connectivity index is 1.88. The summed E-state index contributed by atoms with van der Waals surface area (Å²) in [6, 6.07) is 11.3. The highest BCUT2D eigenvalue weighted by molar-refractivity contribution is 6.38. The fourth-order valence-electron chi connectivity index (χ4n) is 4.93. The van der Waals surface area contributed by atoms with Crippen LogP contribution in [0.15, 0.2) is 42.5 Å². The fourth-order valence-corrected chi connectivity index (χ4v) is 4.93. The van der Waals surface area contributed by atoms with E-state index in [1.807, 2.05) is 13.0 Å². The number of ether oxygens (including phenoxy) is 2. The molecule has 0 spiro atoms. The SMILES string of the molecule is CCC(C)(C)C(=O)C(=O)N1CCCC[C@H]1C(=O)O[C@H](CCc1ccc(C=O)c(OC)c1)c1cccc(NC(=O)CNN)c1. The second-order valence-electron chi connectivity index (χ2n) is 11.3. The van der Waals surface area contributed by atoms with Gasteiger partial charge in [-0.05, 0) is 73.9 Å². The van der Waals surface area contributed by atoms with E-state index in [4.69, 9.17) is 15.3 Å². The first-order chi connectivity index (χ1) is 20.5. The Kier molecular flexibility index (Phi) is 12.0. The van der Waals surface area contributed by atoms with Crippen molar-refractivity contribution in [3.8, 4) is 5.75 Å². The number of hydrogen-bond donors (Lipinski definition) is 3. The summed E-state index contributed by atoms with van der Waals surface area (Å²) in [5.74, 6) is 3.59. The molecule has 1 fully saturated rings. The summed E-state index contributed by atoms with van der Waals surface area (Å²) in [7, 11) is 1.49. The summed E-state index contributed by atoms with van der Waals surface area (Å²) in [4.78, 5) is 64.8. The van der Waals surface area contributed by atoms with Gasteiger partial charge in [-0.25, -0.2) is 4.79 Å². The predicted molar refractivity (Wildman–Crippen MR) is 161 cm³/mol. The lowest BCUT2D eigenvalue weighted by Crippen LogP contribution is -2.53. The quantitative estimate of drug-likeness (QED) is 0.0979. The zero-order valence-electron chi connectivity index (χ0n) is 25.3. The molecule has 2 aromatic rings. The number of nitrogens with zero attached hydrogens (tertiary/aromatic N) is 1. The van der Waals surface area contributed by atoms with Crippen LogP contribution in [0.25, 0.3) is 0 Å². The Hall–Kier alpha value is -4.09. The molecule has 2 aromatic carbocycles. The maximum absolute atomic E-state index is 13.7. The molecule has 0 radical (unpaired) electrons. The molecular formula is C32H42N4O7. The first-order valence-electron chi connectivity index (χ1n) is 14.6. The molecule has 11 nitrogen and oxygen atoms in total. The van der Waals surface area contributed by atoms with Gasteiger partial charge in [0.2, 0.25) is 11.7 Å². The molecule has 0 aliphatic carbocycles. The van der Waals surface area contributed by atoms with Crippen molar-refractivity contribution in [2.75, 3.05) is 25.5 Å². The van der Waals surface area contributed by atoms with Gasteiger partial charge >= 0.3 is 5.97 Å². The summed E-state index contributed by atoms with van der Waals surface area (Å²) in [5, 5.41) is 2.75. The topological polar surface area (TPSA) is 157 Å². The molecular weight excluding hydrogens is 552 g/mol. The Labute approximate surface area is 252 Å². The van der Waals surface area contributed by atoms with E-state index < -0.39 is 35.2 Å². The lowest BCUT2D eigenvalue weighted by atomic mass is 9.84. The number of hydrazine groups is 1. The maximum atomic E-state index is 13.7. The zero-order chi connectivity index (χ0) is 31.6. The van der Waals surface area contributed by atoms with Crippen LogP contribution < -0.4 is 21.3 Å². The van der Waals surface area contributed by atoms with Crippen LogP contribution in [0.5, 0.6) is 5.75 Å². The van der Waals surface area contributed by atoms with Gasteiger partial charge in [-0.3, -0.25) is 30.4 Å². The number of methoxy groups -OCH3 is 1. The first kappa shape index (κ1) is 33.4. The standard InChI is InChI=1S/C32H42N4O7/c1-5-32(2,3)29(39)30(40)36-16-7-6-11-25(36)31(41)43-26(15-13-21-12-14-23(20-37)27(17-21)42-4)22-9-8-10-24(18-22)35-28(38)19-34-33/h8-10,12,14,17-18,20,25-26,34H,5-7,11,13,15-16,19,33H2,1-4H3,(H,35,38)/t25-,26+/m0/s1. The molecule has 4 N–H and O–H groups in total. The van der Waals surface area contributed by atoms with Gasteiger partial charge in [0, 0.05) is 17.6 Å². The Morgan fingerprint density at radius 2 is 1.91 bits per heavy atom. The van der Waals surface area contributed by atoms with E-state index in [0.29, 0.717) is 61.2 Å². The number of benzene rings is 2. The Morgan fingerprint density at radius 1 is 1.14 bits per heavy atom. The molecule has 232 valence electrons. The molecule has 0 unspecified atom stereocenters. The molecule has 3 rings (SSSR count).